The Hall–Kier alpha value is -2.61. The van der Waals surface area contributed by atoms with Gasteiger partial charge in [0.05, 0.1) is 13.0 Å². The van der Waals surface area contributed by atoms with Crippen LogP contribution in [-0.4, -0.2) is 50.7 Å². The van der Waals surface area contributed by atoms with Gasteiger partial charge in [-0.25, -0.2) is 0 Å². The molecule has 8 heteroatoms. The van der Waals surface area contributed by atoms with E-state index >= 15 is 0 Å². The fraction of sp³-hybridized carbons (Fsp3) is 0.308. The lowest BCUT2D eigenvalue weighted by Gasteiger charge is -2.26. The van der Waals surface area contributed by atoms with Gasteiger partial charge in [0.25, 0.3) is 0 Å². The third kappa shape index (κ3) is 5.11. The second kappa shape index (κ2) is 7.25. The van der Waals surface area contributed by atoms with Crippen LogP contribution in [0.1, 0.15) is 12.0 Å². The van der Waals surface area contributed by atoms with E-state index in [1.54, 1.807) is 12.1 Å². The third-order valence-corrected chi connectivity index (χ3v) is 2.82. The molecule has 114 valence electrons. The number of amides is 1. The van der Waals surface area contributed by atoms with Crippen molar-refractivity contribution in [3.63, 3.8) is 0 Å². The number of rotatable bonds is 8. The van der Waals surface area contributed by atoms with Crippen molar-refractivity contribution in [2.75, 3.05) is 6.54 Å². The number of hydrogen-bond donors (Lipinski definition) is 4. The Morgan fingerprint density at radius 2 is 1.81 bits per heavy atom. The maximum atomic E-state index is 11.2. The van der Waals surface area contributed by atoms with Gasteiger partial charge in [-0.05, 0) is 6.07 Å². The van der Waals surface area contributed by atoms with Gasteiger partial charge in [0.15, 0.2) is 0 Å². The van der Waals surface area contributed by atoms with E-state index < -0.39 is 36.9 Å². The van der Waals surface area contributed by atoms with E-state index in [1.165, 1.54) is 12.1 Å². The maximum absolute atomic E-state index is 11.2. The van der Waals surface area contributed by atoms with Gasteiger partial charge in [-0.2, -0.15) is 0 Å². The predicted octanol–water partition coefficient (Wildman–Crippen LogP) is -0.393. The fourth-order valence-electron chi connectivity index (χ4n) is 1.88. The highest BCUT2D eigenvalue weighted by Gasteiger charge is 2.29. The summed E-state index contributed by atoms with van der Waals surface area (Å²) < 4.78 is 0. The van der Waals surface area contributed by atoms with Crippen molar-refractivity contribution in [2.45, 2.75) is 19.0 Å². The zero-order valence-electron chi connectivity index (χ0n) is 11.1. The number of carboxylic acids is 2. The molecular formula is C13H16N2O6. The first-order valence-corrected chi connectivity index (χ1v) is 6.05. The molecule has 0 spiro atoms. The molecule has 1 aromatic rings. The number of aromatic hydroxyl groups is 1. The SMILES string of the molecule is NC(=O)C[C@@H](C(=O)O)N(CC(=O)O)Cc1ccccc1O. The number of hydrogen-bond acceptors (Lipinski definition) is 5. The Morgan fingerprint density at radius 1 is 1.19 bits per heavy atom. The minimum Gasteiger partial charge on any atom is -0.508 e. The molecule has 5 N–H and O–H groups in total. The van der Waals surface area contributed by atoms with Gasteiger partial charge in [-0.1, -0.05) is 18.2 Å². The van der Waals surface area contributed by atoms with Crippen molar-refractivity contribution in [3.8, 4) is 5.75 Å². The van der Waals surface area contributed by atoms with Crippen LogP contribution in [0, 0.1) is 0 Å². The molecule has 0 fully saturated rings. The molecule has 1 rings (SSSR count). The molecule has 0 saturated carbocycles. The molecule has 0 saturated heterocycles. The van der Waals surface area contributed by atoms with Crippen LogP contribution in [0.5, 0.6) is 5.75 Å². The lowest BCUT2D eigenvalue weighted by molar-refractivity contribution is -0.148. The summed E-state index contributed by atoms with van der Waals surface area (Å²) in [6, 6.07) is 4.76. The van der Waals surface area contributed by atoms with Crippen molar-refractivity contribution < 1.29 is 29.7 Å². The Bertz CT molecular complexity index is 545. The van der Waals surface area contributed by atoms with Gasteiger partial charge in [0, 0.05) is 12.1 Å². The smallest absolute Gasteiger partial charge is 0.321 e. The molecule has 0 unspecified atom stereocenters. The average molecular weight is 296 g/mol. The van der Waals surface area contributed by atoms with Gasteiger partial charge < -0.3 is 21.1 Å². The van der Waals surface area contributed by atoms with Crippen LogP contribution in [0.4, 0.5) is 0 Å². The molecule has 0 heterocycles. The van der Waals surface area contributed by atoms with Gasteiger partial charge >= 0.3 is 11.9 Å². The van der Waals surface area contributed by atoms with Crippen molar-refractivity contribution >= 4 is 17.8 Å². The normalized spacial score (nSPS) is 12.0. The van der Waals surface area contributed by atoms with Crippen molar-refractivity contribution in [1.82, 2.24) is 4.90 Å². The quantitative estimate of drug-likeness (QED) is 0.511. The number of nitrogens with two attached hydrogens (primary N) is 1. The second-order valence-electron chi connectivity index (χ2n) is 4.45. The molecule has 8 nitrogen and oxygen atoms in total. The van der Waals surface area contributed by atoms with Crippen LogP contribution in [0.15, 0.2) is 24.3 Å². The zero-order valence-corrected chi connectivity index (χ0v) is 11.1. The van der Waals surface area contributed by atoms with Crippen LogP contribution < -0.4 is 5.73 Å². The molecule has 0 bridgehead atoms. The van der Waals surface area contributed by atoms with Crippen LogP contribution in [-0.2, 0) is 20.9 Å². The molecule has 21 heavy (non-hydrogen) atoms. The van der Waals surface area contributed by atoms with E-state index in [2.05, 4.69) is 0 Å². The molecule has 0 radical (unpaired) electrons. The fourth-order valence-corrected chi connectivity index (χ4v) is 1.88. The molecule has 1 amide bonds. The summed E-state index contributed by atoms with van der Waals surface area (Å²) >= 11 is 0. The number of aliphatic carboxylic acids is 2. The Morgan fingerprint density at radius 3 is 2.29 bits per heavy atom. The largest absolute Gasteiger partial charge is 0.508 e. The van der Waals surface area contributed by atoms with Crippen molar-refractivity contribution in [2.24, 2.45) is 5.73 Å². The van der Waals surface area contributed by atoms with Gasteiger partial charge in [-0.15, -0.1) is 0 Å². The van der Waals surface area contributed by atoms with Crippen LogP contribution in [0.25, 0.3) is 0 Å². The Labute approximate surface area is 120 Å². The predicted molar refractivity (Wildman–Crippen MR) is 71.4 cm³/mol. The summed E-state index contributed by atoms with van der Waals surface area (Å²) in [6.07, 6.45) is -0.518. The first-order chi connectivity index (χ1) is 9.81. The lowest BCUT2D eigenvalue weighted by atomic mass is 10.1. The number of benzene rings is 1. The minimum atomic E-state index is -1.38. The van der Waals surface area contributed by atoms with Crippen molar-refractivity contribution in [3.05, 3.63) is 29.8 Å². The Kier molecular flexibility index (Phi) is 5.67. The summed E-state index contributed by atoms with van der Waals surface area (Å²) in [5, 5.41) is 27.7. The van der Waals surface area contributed by atoms with Crippen LogP contribution in [0.3, 0.4) is 0 Å². The van der Waals surface area contributed by atoms with E-state index in [1.807, 2.05) is 0 Å². The summed E-state index contributed by atoms with van der Waals surface area (Å²) in [5.41, 5.74) is 5.35. The third-order valence-electron chi connectivity index (χ3n) is 2.82. The number of phenolic OH excluding ortho intramolecular Hbond substituents is 1. The highest BCUT2D eigenvalue weighted by Crippen LogP contribution is 2.19. The monoisotopic (exact) mass is 296 g/mol. The number of para-hydroxylation sites is 1. The first kappa shape index (κ1) is 16.4. The summed E-state index contributed by atoms with van der Waals surface area (Å²) in [7, 11) is 0. The molecule has 0 aliphatic rings. The van der Waals surface area contributed by atoms with E-state index in [4.69, 9.17) is 15.9 Å². The summed E-state index contributed by atoms with van der Waals surface area (Å²) in [5.74, 6) is -3.54. The number of carbonyl (C=O) groups is 3. The first-order valence-electron chi connectivity index (χ1n) is 6.05. The molecule has 1 atom stereocenters. The van der Waals surface area contributed by atoms with E-state index in [0.29, 0.717) is 5.56 Å². The molecule has 0 aromatic heterocycles. The maximum Gasteiger partial charge on any atom is 0.321 e. The minimum absolute atomic E-state index is 0.0869. The summed E-state index contributed by atoms with van der Waals surface area (Å²) in [4.78, 5) is 34.1. The molecule has 1 aromatic carbocycles. The number of carbonyl (C=O) groups excluding carboxylic acids is 1. The summed E-state index contributed by atoms with van der Waals surface area (Å²) in [6.45, 7) is -0.734. The number of nitrogens with zero attached hydrogens (tertiary/aromatic N) is 1. The number of phenols is 1. The highest BCUT2D eigenvalue weighted by molar-refractivity contribution is 5.83. The van der Waals surface area contributed by atoms with Gasteiger partial charge in [0.1, 0.15) is 11.8 Å². The van der Waals surface area contributed by atoms with Crippen molar-refractivity contribution in [1.29, 1.82) is 0 Å². The van der Waals surface area contributed by atoms with E-state index in [-0.39, 0.29) is 12.3 Å². The average Bonchev–Trinajstić information content (AvgIpc) is 2.36. The topological polar surface area (TPSA) is 141 Å². The van der Waals surface area contributed by atoms with Gasteiger partial charge in [-0.3, -0.25) is 19.3 Å². The zero-order chi connectivity index (χ0) is 16.0. The highest BCUT2D eigenvalue weighted by atomic mass is 16.4. The van der Waals surface area contributed by atoms with Crippen LogP contribution in [0.2, 0.25) is 0 Å². The standard InChI is InChI=1S/C13H16N2O6/c14-11(17)5-9(13(20)21)15(7-12(18)19)6-8-3-1-2-4-10(8)16/h1-4,9,16H,5-7H2,(H2,14,17)(H,18,19)(H,20,21)/t9-/m0/s1. The van der Waals surface area contributed by atoms with Gasteiger partial charge in [0.2, 0.25) is 5.91 Å². The Balaban J connectivity index is 3.03. The van der Waals surface area contributed by atoms with E-state index in [0.717, 1.165) is 4.90 Å². The lowest BCUT2D eigenvalue weighted by Crippen LogP contribution is -2.45. The van der Waals surface area contributed by atoms with E-state index in [9.17, 15) is 19.5 Å². The van der Waals surface area contributed by atoms with Crippen LogP contribution >= 0.6 is 0 Å². The number of carboxylic acid groups (broad SMARTS) is 2. The molecular weight excluding hydrogens is 280 g/mol. The molecule has 0 aliphatic heterocycles. The number of primary amides is 1. The molecule has 0 aliphatic carbocycles. The second-order valence-corrected chi connectivity index (χ2v) is 4.45.